The highest BCUT2D eigenvalue weighted by molar-refractivity contribution is 6.32. The first kappa shape index (κ1) is 17.5. The Bertz CT molecular complexity index is 951. The molecule has 27 heavy (non-hydrogen) atoms. The predicted molar refractivity (Wildman–Crippen MR) is 104 cm³/mol. The molecule has 1 fully saturated rings. The van der Waals surface area contributed by atoms with Crippen LogP contribution in [0.5, 0.6) is 5.75 Å². The number of para-hydroxylation sites is 1. The number of ether oxygens (including phenoxy) is 1. The van der Waals surface area contributed by atoms with Crippen molar-refractivity contribution in [1.29, 1.82) is 0 Å². The van der Waals surface area contributed by atoms with Gasteiger partial charge < -0.3 is 10.1 Å². The van der Waals surface area contributed by atoms with E-state index in [4.69, 9.17) is 16.3 Å². The monoisotopic (exact) mass is 382 g/mol. The summed E-state index contributed by atoms with van der Waals surface area (Å²) in [6, 6.07) is 14.5. The van der Waals surface area contributed by atoms with Crippen molar-refractivity contribution in [2.45, 2.75) is 31.8 Å². The average molecular weight is 383 g/mol. The molecule has 7 heteroatoms. The molecule has 6 nitrogen and oxygen atoms in total. The number of nitrogens with zero attached hydrogens (tertiary/aromatic N) is 2. The van der Waals surface area contributed by atoms with Gasteiger partial charge in [-0.1, -0.05) is 23.7 Å². The lowest BCUT2D eigenvalue weighted by Crippen LogP contribution is -2.30. The summed E-state index contributed by atoms with van der Waals surface area (Å²) in [6.07, 6.45) is 1.67. The number of nitrogens with one attached hydrogen (secondary N) is 2. The Morgan fingerprint density at radius 3 is 2.67 bits per heavy atom. The van der Waals surface area contributed by atoms with Gasteiger partial charge in [-0.25, -0.2) is 4.98 Å². The first-order valence-corrected chi connectivity index (χ1v) is 9.23. The standard InChI is InChI=1S/C20H19ClN4O2/c1-12(27-17-5-3-2-4-16(17)21)20(26)22-15-10-8-14(9-11-15)19-23-18(24-25-19)13-6-7-13/h2-5,8-13H,6-7H2,1H3,(H,22,26)(H,23,24,25). The van der Waals surface area contributed by atoms with E-state index in [1.54, 1.807) is 19.1 Å². The average Bonchev–Trinajstić information content (AvgIpc) is 3.41. The summed E-state index contributed by atoms with van der Waals surface area (Å²) in [5.74, 6) is 2.38. The molecule has 1 amide bonds. The second-order valence-electron chi connectivity index (χ2n) is 6.58. The maximum Gasteiger partial charge on any atom is 0.265 e. The van der Waals surface area contributed by atoms with Gasteiger partial charge in [0.2, 0.25) is 0 Å². The maximum atomic E-state index is 12.4. The number of aromatic nitrogens is 3. The molecule has 1 aliphatic carbocycles. The Morgan fingerprint density at radius 1 is 1.22 bits per heavy atom. The summed E-state index contributed by atoms with van der Waals surface area (Å²) < 4.78 is 5.64. The van der Waals surface area contributed by atoms with Gasteiger partial charge in [0.15, 0.2) is 11.9 Å². The van der Waals surface area contributed by atoms with Crippen LogP contribution in [0, 0.1) is 0 Å². The van der Waals surface area contributed by atoms with E-state index < -0.39 is 6.10 Å². The van der Waals surface area contributed by atoms with Crippen molar-refractivity contribution in [3.63, 3.8) is 0 Å². The number of rotatable bonds is 6. The van der Waals surface area contributed by atoms with Crippen LogP contribution in [0.4, 0.5) is 5.69 Å². The van der Waals surface area contributed by atoms with Gasteiger partial charge in [-0.15, -0.1) is 0 Å². The molecule has 2 N–H and O–H groups in total. The third kappa shape index (κ3) is 4.11. The maximum absolute atomic E-state index is 12.4. The van der Waals surface area contributed by atoms with E-state index in [2.05, 4.69) is 20.5 Å². The lowest BCUT2D eigenvalue weighted by Gasteiger charge is -2.15. The van der Waals surface area contributed by atoms with Crippen LogP contribution < -0.4 is 10.1 Å². The Kier molecular flexibility index (Phi) is 4.81. The van der Waals surface area contributed by atoms with Gasteiger partial charge in [-0.2, -0.15) is 5.10 Å². The van der Waals surface area contributed by atoms with Crippen LogP contribution in [0.15, 0.2) is 48.5 Å². The van der Waals surface area contributed by atoms with Crippen LogP contribution in [-0.4, -0.2) is 27.2 Å². The second kappa shape index (κ2) is 7.40. The number of amides is 1. The normalized spacial score (nSPS) is 14.6. The van der Waals surface area contributed by atoms with Crippen molar-refractivity contribution in [1.82, 2.24) is 15.2 Å². The minimum Gasteiger partial charge on any atom is -0.479 e. The first-order valence-electron chi connectivity index (χ1n) is 8.85. The highest BCUT2D eigenvalue weighted by Crippen LogP contribution is 2.38. The zero-order valence-electron chi connectivity index (χ0n) is 14.8. The van der Waals surface area contributed by atoms with Gasteiger partial charge in [0, 0.05) is 17.2 Å². The van der Waals surface area contributed by atoms with E-state index in [-0.39, 0.29) is 5.91 Å². The number of H-pyrrole nitrogens is 1. The smallest absolute Gasteiger partial charge is 0.265 e. The van der Waals surface area contributed by atoms with E-state index in [1.807, 2.05) is 36.4 Å². The SMILES string of the molecule is CC(Oc1ccccc1Cl)C(=O)Nc1ccc(-c2n[nH]c(C3CC3)n2)cc1. The summed E-state index contributed by atoms with van der Waals surface area (Å²) in [7, 11) is 0. The van der Waals surface area contributed by atoms with Crippen molar-refractivity contribution < 1.29 is 9.53 Å². The summed E-state index contributed by atoms with van der Waals surface area (Å²) in [5, 5.41) is 10.6. The quantitative estimate of drug-likeness (QED) is 0.661. The van der Waals surface area contributed by atoms with Crippen LogP contribution >= 0.6 is 11.6 Å². The third-order valence-corrected chi connectivity index (χ3v) is 4.70. The number of aromatic amines is 1. The van der Waals surface area contributed by atoms with E-state index in [9.17, 15) is 4.79 Å². The van der Waals surface area contributed by atoms with Crippen molar-refractivity contribution in [2.24, 2.45) is 0 Å². The third-order valence-electron chi connectivity index (χ3n) is 4.39. The number of carbonyl (C=O) groups excluding carboxylic acids is 1. The summed E-state index contributed by atoms with van der Waals surface area (Å²) in [5.41, 5.74) is 1.58. The second-order valence-corrected chi connectivity index (χ2v) is 6.98. The number of hydrogen-bond donors (Lipinski definition) is 2. The van der Waals surface area contributed by atoms with E-state index in [1.165, 1.54) is 12.8 Å². The number of anilines is 1. The number of benzene rings is 2. The molecule has 1 aromatic heterocycles. The van der Waals surface area contributed by atoms with Gasteiger partial charge in [-0.05, 0) is 56.2 Å². The van der Waals surface area contributed by atoms with Crippen molar-refractivity contribution >= 4 is 23.2 Å². The van der Waals surface area contributed by atoms with E-state index in [0.29, 0.717) is 28.2 Å². The Labute approximate surface area is 161 Å². The van der Waals surface area contributed by atoms with Crippen LogP contribution in [-0.2, 0) is 4.79 Å². The van der Waals surface area contributed by atoms with Crippen molar-refractivity contribution in [3.8, 4) is 17.1 Å². The topological polar surface area (TPSA) is 79.9 Å². The molecular formula is C20H19ClN4O2. The molecule has 0 aliphatic heterocycles. The van der Waals surface area contributed by atoms with Crippen LogP contribution in [0.25, 0.3) is 11.4 Å². The number of carbonyl (C=O) groups is 1. The molecule has 1 aliphatic rings. The molecule has 1 saturated carbocycles. The fourth-order valence-electron chi connectivity index (χ4n) is 2.67. The summed E-state index contributed by atoms with van der Waals surface area (Å²) in [4.78, 5) is 16.9. The molecule has 3 aromatic rings. The molecule has 0 saturated heterocycles. The molecule has 1 atom stereocenters. The van der Waals surface area contributed by atoms with Crippen LogP contribution in [0.2, 0.25) is 5.02 Å². The summed E-state index contributed by atoms with van der Waals surface area (Å²) in [6.45, 7) is 1.68. The van der Waals surface area contributed by atoms with Gasteiger partial charge in [0.1, 0.15) is 11.6 Å². The molecule has 2 aromatic carbocycles. The molecule has 138 valence electrons. The van der Waals surface area contributed by atoms with Gasteiger partial charge in [-0.3, -0.25) is 9.89 Å². The summed E-state index contributed by atoms with van der Waals surface area (Å²) >= 11 is 6.06. The van der Waals surface area contributed by atoms with Crippen molar-refractivity contribution in [2.75, 3.05) is 5.32 Å². The largest absolute Gasteiger partial charge is 0.479 e. The highest BCUT2D eigenvalue weighted by atomic mass is 35.5. The van der Waals surface area contributed by atoms with Crippen LogP contribution in [0.1, 0.15) is 31.5 Å². The fraction of sp³-hybridized carbons (Fsp3) is 0.250. The molecule has 0 radical (unpaired) electrons. The van der Waals surface area contributed by atoms with Gasteiger partial charge in [0.25, 0.3) is 5.91 Å². The zero-order chi connectivity index (χ0) is 18.8. The lowest BCUT2D eigenvalue weighted by molar-refractivity contribution is -0.122. The van der Waals surface area contributed by atoms with Crippen LogP contribution in [0.3, 0.4) is 0 Å². The molecule has 0 bridgehead atoms. The lowest BCUT2D eigenvalue weighted by atomic mass is 10.2. The fourth-order valence-corrected chi connectivity index (χ4v) is 2.85. The Hall–Kier alpha value is -2.86. The van der Waals surface area contributed by atoms with Gasteiger partial charge in [0.05, 0.1) is 5.02 Å². The van der Waals surface area contributed by atoms with Crippen molar-refractivity contribution in [3.05, 3.63) is 59.4 Å². The zero-order valence-corrected chi connectivity index (χ0v) is 15.5. The van der Waals surface area contributed by atoms with E-state index in [0.717, 1.165) is 11.4 Å². The molecule has 1 unspecified atom stereocenters. The Balaban J connectivity index is 1.38. The molecule has 1 heterocycles. The van der Waals surface area contributed by atoms with E-state index >= 15 is 0 Å². The Morgan fingerprint density at radius 2 is 1.96 bits per heavy atom. The minimum absolute atomic E-state index is 0.253. The number of halogens is 1. The minimum atomic E-state index is -0.682. The molecule has 0 spiro atoms. The van der Waals surface area contributed by atoms with Gasteiger partial charge >= 0.3 is 0 Å². The highest BCUT2D eigenvalue weighted by Gasteiger charge is 2.27. The molecular weight excluding hydrogens is 364 g/mol. The molecule has 4 rings (SSSR count). The number of hydrogen-bond acceptors (Lipinski definition) is 4. The first-order chi connectivity index (χ1) is 13.1. The predicted octanol–water partition coefficient (Wildman–Crippen LogP) is 4.41.